The molecule has 2 N–H and O–H groups in total. The molecule has 1 heterocycles. The van der Waals surface area contributed by atoms with E-state index in [4.69, 9.17) is 0 Å². The number of anilines is 1. The number of H-pyrrole nitrogens is 1. The van der Waals surface area contributed by atoms with Crippen molar-refractivity contribution in [1.82, 2.24) is 10.2 Å². The van der Waals surface area contributed by atoms with Crippen molar-refractivity contribution in [3.8, 4) is 0 Å². The SMILES string of the molecule is COC(=O)c1ccccc1S(=O)(=O)Nc1cn[nH]c1. The van der Waals surface area contributed by atoms with Gasteiger partial charge < -0.3 is 4.74 Å². The number of carbonyl (C=O) groups is 1. The fourth-order valence-electron chi connectivity index (χ4n) is 1.50. The molecule has 0 bridgehead atoms. The molecule has 1 aromatic carbocycles. The number of hydrogen-bond donors (Lipinski definition) is 2. The summed E-state index contributed by atoms with van der Waals surface area (Å²) in [5, 5.41) is 6.11. The van der Waals surface area contributed by atoms with Crippen LogP contribution in [0.4, 0.5) is 5.69 Å². The summed E-state index contributed by atoms with van der Waals surface area (Å²) in [7, 11) is -2.69. The van der Waals surface area contributed by atoms with E-state index < -0.39 is 16.0 Å². The van der Waals surface area contributed by atoms with Gasteiger partial charge in [0, 0.05) is 6.20 Å². The van der Waals surface area contributed by atoms with Crippen LogP contribution in [0.15, 0.2) is 41.6 Å². The Morgan fingerprint density at radius 1 is 1.37 bits per heavy atom. The Bertz CT molecular complexity index is 680. The van der Waals surface area contributed by atoms with Crippen LogP contribution in [-0.2, 0) is 14.8 Å². The van der Waals surface area contributed by atoms with Crippen molar-refractivity contribution in [2.75, 3.05) is 11.8 Å². The van der Waals surface area contributed by atoms with Crippen molar-refractivity contribution in [2.24, 2.45) is 0 Å². The largest absolute Gasteiger partial charge is 0.465 e. The van der Waals surface area contributed by atoms with Crippen molar-refractivity contribution in [1.29, 1.82) is 0 Å². The molecule has 1 aromatic heterocycles. The van der Waals surface area contributed by atoms with Crippen molar-refractivity contribution in [2.45, 2.75) is 4.90 Å². The predicted octanol–water partition coefficient (Wildman–Crippen LogP) is 0.997. The van der Waals surface area contributed by atoms with Crippen LogP contribution in [0.3, 0.4) is 0 Å². The molecule has 7 nitrogen and oxygen atoms in total. The highest BCUT2D eigenvalue weighted by molar-refractivity contribution is 7.92. The highest BCUT2D eigenvalue weighted by Crippen LogP contribution is 2.19. The van der Waals surface area contributed by atoms with E-state index >= 15 is 0 Å². The first kappa shape index (κ1) is 13.1. The van der Waals surface area contributed by atoms with Crippen LogP contribution in [0.1, 0.15) is 10.4 Å². The molecule has 2 aromatic rings. The maximum absolute atomic E-state index is 12.2. The number of rotatable bonds is 4. The minimum absolute atomic E-state index is 0.0269. The highest BCUT2D eigenvalue weighted by atomic mass is 32.2. The van der Waals surface area contributed by atoms with Gasteiger partial charge in [0.2, 0.25) is 0 Å². The van der Waals surface area contributed by atoms with E-state index in [9.17, 15) is 13.2 Å². The molecule has 0 unspecified atom stereocenters. The lowest BCUT2D eigenvalue weighted by molar-refractivity contribution is 0.0596. The van der Waals surface area contributed by atoms with E-state index in [0.717, 1.165) is 0 Å². The van der Waals surface area contributed by atoms with E-state index in [0.29, 0.717) is 0 Å². The smallest absolute Gasteiger partial charge is 0.339 e. The number of sulfonamides is 1. The van der Waals surface area contributed by atoms with E-state index in [1.165, 1.54) is 37.7 Å². The van der Waals surface area contributed by atoms with Crippen LogP contribution in [-0.4, -0.2) is 31.7 Å². The number of nitrogens with one attached hydrogen (secondary N) is 2. The first-order valence-corrected chi connectivity index (χ1v) is 6.72. The van der Waals surface area contributed by atoms with Crippen molar-refractivity contribution >= 4 is 21.7 Å². The van der Waals surface area contributed by atoms with Gasteiger partial charge in [0.25, 0.3) is 10.0 Å². The second kappa shape index (κ2) is 5.11. The molecule has 0 amide bonds. The lowest BCUT2D eigenvalue weighted by atomic mass is 10.2. The Hall–Kier alpha value is -2.35. The monoisotopic (exact) mass is 281 g/mol. The van der Waals surface area contributed by atoms with Gasteiger partial charge in [0.05, 0.1) is 24.6 Å². The third kappa shape index (κ3) is 2.74. The number of esters is 1. The molecule has 0 aliphatic rings. The van der Waals surface area contributed by atoms with Gasteiger partial charge in [-0.05, 0) is 12.1 Å². The minimum Gasteiger partial charge on any atom is -0.465 e. The van der Waals surface area contributed by atoms with Crippen LogP contribution in [0, 0.1) is 0 Å². The van der Waals surface area contributed by atoms with Crippen LogP contribution < -0.4 is 4.72 Å². The van der Waals surface area contributed by atoms with Gasteiger partial charge in [-0.1, -0.05) is 12.1 Å². The Morgan fingerprint density at radius 2 is 2.11 bits per heavy atom. The van der Waals surface area contributed by atoms with Gasteiger partial charge in [-0.2, -0.15) is 5.10 Å². The fraction of sp³-hybridized carbons (Fsp3) is 0.0909. The Morgan fingerprint density at radius 3 is 2.74 bits per heavy atom. The Balaban J connectivity index is 2.43. The topological polar surface area (TPSA) is 101 Å². The summed E-state index contributed by atoms with van der Waals surface area (Å²) in [5.41, 5.74) is 0.251. The summed E-state index contributed by atoms with van der Waals surface area (Å²) in [4.78, 5) is 11.4. The number of benzene rings is 1. The lowest BCUT2D eigenvalue weighted by Gasteiger charge is -2.09. The first-order valence-electron chi connectivity index (χ1n) is 5.23. The van der Waals surface area contributed by atoms with Crippen molar-refractivity contribution < 1.29 is 17.9 Å². The summed E-state index contributed by atoms with van der Waals surface area (Å²) >= 11 is 0. The number of methoxy groups -OCH3 is 1. The van der Waals surface area contributed by atoms with Gasteiger partial charge in [-0.3, -0.25) is 9.82 Å². The van der Waals surface area contributed by atoms with Crippen LogP contribution >= 0.6 is 0 Å². The summed E-state index contributed by atoms with van der Waals surface area (Å²) in [6.07, 6.45) is 2.70. The summed E-state index contributed by atoms with van der Waals surface area (Å²) in [6.45, 7) is 0. The molecule has 19 heavy (non-hydrogen) atoms. The van der Waals surface area contributed by atoms with E-state index in [2.05, 4.69) is 19.7 Å². The maximum atomic E-state index is 12.2. The minimum atomic E-state index is -3.88. The van der Waals surface area contributed by atoms with Crippen LogP contribution in [0.25, 0.3) is 0 Å². The molecule has 0 aliphatic heterocycles. The summed E-state index contributed by atoms with van der Waals surface area (Å²) in [6, 6.07) is 5.80. The first-order chi connectivity index (χ1) is 9.04. The van der Waals surface area contributed by atoms with Crippen LogP contribution in [0.2, 0.25) is 0 Å². The number of nitrogens with zero attached hydrogens (tertiary/aromatic N) is 1. The number of hydrogen-bond acceptors (Lipinski definition) is 5. The third-order valence-corrected chi connectivity index (χ3v) is 3.77. The molecule has 2 rings (SSSR count). The Kier molecular flexibility index (Phi) is 3.52. The van der Waals surface area contributed by atoms with Gasteiger partial charge in [-0.25, -0.2) is 13.2 Å². The molecular weight excluding hydrogens is 270 g/mol. The Labute approximate surface area is 109 Å². The zero-order chi connectivity index (χ0) is 13.9. The van der Waals surface area contributed by atoms with Crippen molar-refractivity contribution in [3.63, 3.8) is 0 Å². The summed E-state index contributed by atoms with van der Waals surface area (Å²) < 4.78 is 31.2. The molecule has 100 valence electrons. The number of carbonyl (C=O) groups excluding carboxylic acids is 1. The number of ether oxygens (including phenoxy) is 1. The molecule has 0 aliphatic carbocycles. The lowest BCUT2D eigenvalue weighted by Crippen LogP contribution is -2.17. The molecule has 0 fully saturated rings. The molecule has 0 saturated carbocycles. The third-order valence-electron chi connectivity index (χ3n) is 2.33. The fourth-order valence-corrected chi connectivity index (χ4v) is 2.73. The molecule has 0 saturated heterocycles. The normalized spacial score (nSPS) is 11.0. The molecular formula is C11H11N3O4S. The van der Waals surface area contributed by atoms with Crippen molar-refractivity contribution in [3.05, 3.63) is 42.2 Å². The average molecular weight is 281 g/mol. The molecule has 0 atom stereocenters. The second-order valence-corrected chi connectivity index (χ2v) is 5.23. The standard InChI is InChI=1S/C11H11N3O4S/c1-18-11(15)9-4-2-3-5-10(9)19(16,17)14-8-6-12-13-7-8/h2-7,14H,1H3,(H,12,13). The number of aromatic nitrogens is 2. The van der Waals surface area contributed by atoms with Gasteiger partial charge in [-0.15, -0.1) is 0 Å². The van der Waals surface area contributed by atoms with Crippen LogP contribution in [0.5, 0.6) is 0 Å². The second-order valence-electron chi connectivity index (χ2n) is 3.58. The quantitative estimate of drug-likeness (QED) is 0.814. The summed E-state index contributed by atoms with van der Waals surface area (Å²) in [5.74, 6) is -0.715. The predicted molar refractivity (Wildman–Crippen MR) is 67.2 cm³/mol. The van der Waals surface area contributed by atoms with Gasteiger partial charge in [0.1, 0.15) is 4.90 Å². The maximum Gasteiger partial charge on any atom is 0.339 e. The van der Waals surface area contributed by atoms with Gasteiger partial charge in [0.15, 0.2) is 0 Å². The molecule has 8 heteroatoms. The highest BCUT2D eigenvalue weighted by Gasteiger charge is 2.22. The van der Waals surface area contributed by atoms with E-state index in [-0.39, 0.29) is 16.1 Å². The van der Waals surface area contributed by atoms with Gasteiger partial charge >= 0.3 is 5.97 Å². The van der Waals surface area contributed by atoms with E-state index in [1.54, 1.807) is 6.07 Å². The zero-order valence-electron chi connectivity index (χ0n) is 9.95. The average Bonchev–Trinajstić information content (AvgIpc) is 2.90. The number of aromatic amines is 1. The van der Waals surface area contributed by atoms with E-state index in [1.807, 2.05) is 0 Å². The molecule has 0 radical (unpaired) electrons. The zero-order valence-corrected chi connectivity index (χ0v) is 10.8. The molecule has 0 spiro atoms.